The maximum atomic E-state index is 11.8. The van der Waals surface area contributed by atoms with Crippen LogP contribution >= 0.6 is 0 Å². The molecule has 0 saturated heterocycles. The highest BCUT2D eigenvalue weighted by Crippen LogP contribution is 2.47. The van der Waals surface area contributed by atoms with Crippen LogP contribution in [0, 0.1) is 17.8 Å². The second kappa shape index (κ2) is 8.95. The molecule has 2 aliphatic rings. The number of hydrogen-bond donors (Lipinski definition) is 4. The van der Waals surface area contributed by atoms with Gasteiger partial charge in [-0.1, -0.05) is 0 Å². The molecule has 4 N–H and O–H groups in total. The molecule has 4 unspecified atom stereocenters. The van der Waals surface area contributed by atoms with Crippen molar-refractivity contribution in [1.29, 1.82) is 0 Å². The van der Waals surface area contributed by atoms with Crippen molar-refractivity contribution in [3.63, 3.8) is 0 Å². The van der Waals surface area contributed by atoms with E-state index in [-0.39, 0.29) is 36.6 Å². The van der Waals surface area contributed by atoms with Crippen LogP contribution in [-0.4, -0.2) is 70.4 Å². The molecule has 2 saturated carbocycles. The normalized spacial score (nSPS) is 37.4. The first-order valence-corrected chi connectivity index (χ1v) is 9.71. The molecule has 2 aliphatic carbocycles. The zero-order chi connectivity index (χ0) is 17.7. The van der Waals surface area contributed by atoms with E-state index in [2.05, 4.69) is 4.90 Å². The third-order valence-corrected chi connectivity index (χ3v) is 6.42. The van der Waals surface area contributed by atoms with Crippen molar-refractivity contribution in [3.8, 4) is 0 Å². The minimum atomic E-state index is -0.788. The van der Waals surface area contributed by atoms with Gasteiger partial charge in [0, 0.05) is 6.61 Å². The summed E-state index contributed by atoms with van der Waals surface area (Å²) in [5.74, 6) is 0.218. The van der Waals surface area contributed by atoms with E-state index in [1.807, 2.05) is 14.1 Å². The smallest absolute Gasteiger partial charge is 0.0707 e. The van der Waals surface area contributed by atoms with E-state index >= 15 is 0 Å². The van der Waals surface area contributed by atoms with Gasteiger partial charge < -0.3 is 25.3 Å². The summed E-state index contributed by atoms with van der Waals surface area (Å²) in [6.45, 7) is 0.976. The molecule has 0 aromatic carbocycles. The monoisotopic (exact) mass is 343 g/mol. The van der Waals surface area contributed by atoms with Gasteiger partial charge >= 0.3 is 0 Å². The SMILES string of the molecule is CN(C)CCCC(O)(C1CCC(O)CC1)C1CCC(O)CC1CO. The number of hydrogen-bond acceptors (Lipinski definition) is 5. The summed E-state index contributed by atoms with van der Waals surface area (Å²) < 4.78 is 0. The fraction of sp³-hybridized carbons (Fsp3) is 1.00. The first kappa shape index (κ1) is 20.1. The third-order valence-electron chi connectivity index (χ3n) is 6.42. The molecular weight excluding hydrogens is 306 g/mol. The van der Waals surface area contributed by atoms with Crippen molar-refractivity contribution in [1.82, 2.24) is 4.90 Å². The maximum Gasteiger partial charge on any atom is 0.0707 e. The van der Waals surface area contributed by atoms with E-state index in [0.717, 1.165) is 51.5 Å². The van der Waals surface area contributed by atoms with Gasteiger partial charge in [0.15, 0.2) is 0 Å². The predicted molar refractivity (Wildman–Crippen MR) is 94.6 cm³/mol. The molecule has 2 rings (SSSR count). The van der Waals surface area contributed by atoms with Crippen molar-refractivity contribution in [2.75, 3.05) is 27.2 Å². The van der Waals surface area contributed by atoms with Gasteiger partial charge in [0.1, 0.15) is 0 Å². The molecule has 0 heterocycles. The van der Waals surface area contributed by atoms with E-state index in [4.69, 9.17) is 0 Å². The number of rotatable bonds is 7. The Balaban J connectivity index is 2.14. The molecule has 142 valence electrons. The summed E-state index contributed by atoms with van der Waals surface area (Å²) in [5.41, 5.74) is -0.788. The molecular formula is C19H37NO4. The lowest BCUT2D eigenvalue weighted by Gasteiger charge is -2.49. The van der Waals surface area contributed by atoms with E-state index in [0.29, 0.717) is 12.8 Å². The lowest BCUT2D eigenvalue weighted by molar-refractivity contribution is -0.138. The van der Waals surface area contributed by atoms with Crippen LogP contribution in [0.2, 0.25) is 0 Å². The van der Waals surface area contributed by atoms with Crippen LogP contribution in [0.5, 0.6) is 0 Å². The Morgan fingerprint density at radius 1 is 0.958 bits per heavy atom. The Kier molecular flexibility index (Phi) is 7.50. The Bertz CT molecular complexity index is 370. The molecule has 0 amide bonds. The molecule has 5 nitrogen and oxygen atoms in total. The van der Waals surface area contributed by atoms with Gasteiger partial charge in [0.25, 0.3) is 0 Å². The summed E-state index contributed by atoms with van der Waals surface area (Å²) in [6, 6.07) is 0. The number of nitrogens with zero attached hydrogens (tertiary/aromatic N) is 1. The van der Waals surface area contributed by atoms with Crippen molar-refractivity contribution in [2.24, 2.45) is 17.8 Å². The largest absolute Gasteiger partial charge is 0.396 e. The van der Waals surface area contributed by atoms with Gasteiger partial charge in [-0.15, -0.1) is 0 Å². The quantitative estimate of drug-likeness (QED) is 0.561. The third kappa shape index (κ3) is 4.92. The van der Waals surface area contributed by atoms with Crippen molar-refractivity contribution in [2.45, 2.75) is 75.6 Å². The molecule has 0 aromatic heterocycles. The topological polar surface area (TPSA) is 84.2 Å². The van der Waals surface area contributed by atoms with E-state index in [9.17, 15) is 20.4 Å². The van der Waals surface area contributed by atoms with E-state index in [1.165, 1.54) is 0 Å². The molecule has 0 spiro atoms. The summed E-state index contributed by atoms with van der Waals surface area (Å²) in [7, 11) is 4.09. The zero-order valence-electron chi connectivity index (χ0n) is 15.4. The molecule has 0 aliphatic heterocycles. The highest BCUT2D eigenvalue weighted by Gasteiger charge is 2.48. The molecule has 0 aromatic rings. The minimum Gasteiger partial charge on any atom is -0.396 e. The Morgan fingerprint density at radius 2 is 1.58 bits per heavy atom. The van der Waals surface area contributed by atoms with Crippen LogP contribution in [0.25, 0.3) is 0 Å². The van der Waals surface area contributed by atoms with Gasteiger partial charge in [-0.3, -0.25) is 0 Å². The molecule has 0 bridgehead atoms. The van der Waals surface area contributed by atoms with Gasteiger partial charge in [-0.2, -0.15) is 0 Å². The predicted octanol–water partition coefficient (Wildman–Crippen LogP) is 1.38. The number of aliphatic hydroxyl groups is 4. The van der Waals surface area contributed by atoms with Crippen molar-refractivity contribution < 1.29 is 20.4 Å². The minimum absolute atomic E-state index is 0.0232. The van der Waals surface area contributed by atoms with Gasteiger partial charge in [-0.05, 0) is 96.2 Å². The van der Waals surface area contributed by atoms with Gasteiger partial charge in [0.2, 0.25) is 0 Å². The summed E-state index contributed by atoms with van der Waals surface area (Å²) >= 11 is 0. The highest BCUT2D eigenvalue weighted by molar-refractivity contribution is 4.99. The second-order valence-corrected chi connectivity index (χ2v) is 8.42. The van der Waals surface area contributed by atoms with Crippen molar-refractivity contribution in [3.05, 3.63) is 0 Å². The highest BCUT2D eigenvalue weighted by atomic mass is 16.3. The molecule has 5 heteroatoms. The van der Waals surface area contributed by atoms with E-state index in [1.54, 1.807) is 0 Å². The Morgan fingerprint density at radius 3 is 2.17 bits per heavy atom. The lowest BCUT2D eigenvalue weighted by Crippen LogP contribution is -2.52. The molecule has 2 fully saturated rings. The summed E-state index contributed by atoms with van der Waals surface area (Å²) in [6.07, 6.45) is 6.42. The van der Waals surface area contributed by atoms with Crippen LogP contribution < -0.4 is 0 Å². The first-order valence-electron chi connectivity index (χ1n) is 9.71. The average molecular weight is 344 g/mol. The van der Waals surface area contributed by atoms with Crippen LogP contribution in [0.1, 0.15) is 57.8 Å². The standard InChI is InChI=1S/C19H37NO4/c1-20(2)11-3-10-19(24,15-4-6-16(22)7-5-15)18-9-8-17(23)12-14(18)13-21/h14-18,21-24H,3-13H2,1-2H3. The zero-order valence-corrected chi connectivity index (χ0v) is 15.4. The summed E-state index contributed by atoms with van der Waals surface area (Å²) in [5, 5.41) is 41.4. The maximum absolute atomic E-state index is 11.8. The molecule has 4 atom stereocenters. The fourth-order valence-electron chi connectivity index (χ4n) is 5.05. The first-order chi connectivity index (χ1) is 11.4. The van der Waals surface area contributed by atoms with Crippen LogP contribution in [-0.2, 0) is 0 Å². The molecule has 0 radical (unpaired) electrons. The fourth-order valence-corrected chi connectivity index (χ4v) is 5.05. The van der Waals surface area contributed by atoms with Crippen LogP contribution in [0.4, 0.5) is 0 Å². The van der Waals surface area contributed by atoms with Gasteiger partial charge in [-0.25, -0.2) is 0 Å². The number of aliphatic hydroxyl groups excluding tert-OH is 3. The van der Waals surface area contributed by atoms with Crippen LogP contribution in [0.15, 0.2) is 0 Å². The Labute approximate surface area is 146 Å². The Hall–Kier alpha value is -0.200. The van der Waals surface area contributed by atoms with Crippen molar-refractivity contribution >= 4 is 0 Å². The molecule has 24 heavy (non-hydrogen) atoms. The van der Waals surface area contributed by atoms with Gasteiger partial charge in [0.05, 0.1) is 17.8 Å². The summed E-state index contributed by atoms with van der Waals surface area (Å²) in [4.78, 5) is 2.14. The lowest BCUT2D eigenvalue weighted by atomic mass is 9.60. The van der Waals surface area contributed by atoms with Crippen LogP contribution in [0.3, 0.4) is 0 Å². The average Bonchev–Trinajstić information content (AvgIpc) is 2.54. The second-order valence-electron chi connectivity index (χ2n) is 8.42. The van der Waals surface area contributed by atoms with E-state index < -0.39 is 5.60 Å².